The van der Waals surface area contributed by atoms with E-state index in [2.05, 4.69) is 91.0 Å². The predicted octanol–water partition coefficient (Wildman–Crippen LogP) is 4.48. The fourth-order valence-electron chi connectivity index (χ4n) is 3.64. The highest BCUT2D eigenvalue weighted by Gasteiger charge is 2.44. The zero-order chi connectivity index (χ0) is 19.1. The van der Waals surface area contributed by atoms with Gasteiger partial charge in [-0.2, -0.15) is 0 Å². The lowest BCUT2D eigenvalue weighted by molar-refractivity contribution is -0.141. The third-order valence-electron chi connectivity index (χ3n) is 5.14. The highest BCUT2D eigenvalue weighted by atomic mass is 31.2. The maximum absolute atomic E-state index is 11.3. The Hall–Kier alpha value is -2.44. The van der Waals surface area contributed by atoms with Gasteiger partial charge in [0.25, 0.3) is 0 Å². The molecule has 1 atom stereocenters. The number of carbonyl (C=O) groups is 1. The Labute approximate surface area is 162 Å². The van der Waals surface area contributed by atoms with Crippen molar-refractivity contribution in [2.45, 2.75) is 19.8 Å². The molecule has 1 N–H and O–H groups in total. The van der Waals surface area contributed by atoms with Crippen molar-refractivity contribution in [3.63, 3.8) is 0 Å². The Morgan fingerprint density at radius 1 is 0.778 bits per heavy atom. The zero-order valence-corrected chi connectivity index (χ0v) is 16.6. The van der Waals surface area contributed by atoms with Crippen LogP contribution in [0, 0.1) is 5.92 Å². The summed E-state index contributed by atoms with van der Waals surface area (Å²) in [6.45, 7) is 1.80. The summed E-state index contributed by atoms with van der Waals surface area (Å²) in [6.07, 6.45) is 2.56. The normalized spacial score (nSPS) is 12.5. The average molecular weight is 377 g/mol. The largest absolute Gasteiger partial charge is 0.481 e. The van der Waals surface area contributed by atoms with Gasteiger partial charge in [0.05, 0.1) is 12.1 Å². The molecule has 0 radical (unpaired) electrons. The van der Waals surface area contributed by atoms with Crippen LogP contribution in [-0.2, 0) is 4.79 Å². The van der Waals surface area contributed by atoms with Crippen LogP contribution >= 0.6 is 7.26 Å². The third kappa shape index (κ3) is 4.28. The van der Waals surface area contributed by atoms with Crippen LogP contribution in [-0.4, -0.2) is 17.2 Å². The van der Waals surface area contributed by atoms with Crippen LogP contribution in [0.15, 0.2) is 91.0 Å². The van der Waals surface area contributed by atoms with E-state index in [9.17, 15) is 9.90 Å². The molecule has 0 aliphatic carbocycles. The molecular formula is C24H26O2P+. The van der Waals surface area contributed by atoms with Crippen LogP contribution < -0.4 is 15.9 Å². The van der Waals surface area contributed by atoms with Crippen LogP contribution in [0.3, 0.4) is 0 Å². The molecule has 1 unspecified atom stereocenters. The highest BCUT2D eigenvalue weighted by molar-refractivity contribution is 7.95. The Balaban J connectivity index is 2.10. The Morgan fingerprint density at radius 2 is 1.15 bits per heavy atom. The summed E-state index contributed by atoms with van der Waals surface area (Å²) < 4.78 is 0. The van der Waals surface area contributed by atoms with Crippen molar-refractivity contribution in [1.29, 1.82) is 0 Å². The number of benzene rings is 3. The fourth-order valence-corrected chi connectivity index (χ4v) is 8.01. The van der Waals surface area contributed by atoms with E-state index in [1.165, 1.54) is 15.9 Å². The SMILES string of the molecule is CC(CCC[P+](c1ccccc1)(c1ccccc1)c1ccccc1)C(=O)O. The third-order valence-corrected chi connectivity index (χ3v) is 9.67. The van der Waals surface area contributed by atoms with E-state index in [1.54, 1.807) is 6.92 Å². The topological polar surface area (TPSA) is 37.3 Å². The molecule has 138 valence electrons. The molecular weight excluding hydrogens is 351 g/mol. The first-order valence-corrected chi connectivity index (χ1v) is 11.4. The molecule has 0 saturated carbocycles. The van der Waals surface area contributed by atoms with Gasteiger partial charge in [0.1, 0.15) is 23.2 Å². The van der Waals surface area contributed by atoms with Crippen LogP contribution in [0.25, 0.3) is 0 Å². The molecule has 3 rings (SSSR count). The van der Waals surface area contributed by atoms with Crippen molar-refractivity contribution in [3.8, 4) is 0 Å². The summed E-state index contributed by atoms with van der Waals surface area (Å²) >= 11 is 0. The van der Waals surface area contributed by atoms with Crippen LogP contribution in [0.4, 0.5) is 0 Å². The first-order chi connectivity index (χ1) is 13.1. The summed E-state index contributed by atoms with van der Waals surface area (Å²) in [6, 6.07) is 32.2. The van der Waals surface area contributed by atoms with E-state index in [0.29, 0.717) is 6.42 Å². The predicted molar refractivity (Wildman–Crippen MR) is 116 cm³/mol. The van der Waals surface area contributed by atoms with Crippen molar-refractivity contribution in [1.82, 2.24) is 0 Å². The van der Waals surface area contributed by atoms with Gasteiger partial charge < -0.3 is 5.11 Å². The van der Waals surface area contributed by atoms with Gasteiger partial charge in [-0.05, 0) is 49.2 Å². The first-order valence-electron chi connectivity index (χ1n) is 9.42. The number of rotatable bonds is 8. The van der Waals surface area contributed by atoms with Crippen molar-refractivity contribution >= 4 is 29.1 Å². The molecule has 0 aliphatic heterocycles. The molecule has 3 heteroatoms. The number of hydrogen-bond acceptors (Lipinski definition) is 1. The maximum atomic E-state index is 11.3. The molecule has 3 aromatic carbocycles. The molecule has 0 bridgehead atoms. The van der Waals surface area contributed by atoms with Gasteiger partial charge in [0, 0.05) is 0 Å². The first kappa shape index (κ1) is 19.3. The van der Waals surface area contributed by atoms with Gasteiger partial charge in [-0.3, -0.25) is 4.79 Å². The summed E-state index contributed by atoms with van der Waals surface area (Å²) in [5.41, 5.74) is 0. The quantitative estimate of drug-likeness (QED) is 0.588. The van der Waals surface area contributed by atoms with E-state index in [0.717, 1.165) is 12.6 Å². The molecule has 0 saturated heterocycles. The summed E-state index contributed by atoms with van der Waals surface area (Å²) in [5.74, 6) is -1.02. The minimum Gasteiger partial charge on any atom is -0.481 e. The standard InChI is InChI=1S/C24H25O2P/c1-20(24(25)26)12-11-19-27(21-13-5-2-6-14-21,22-15-7-3-8-16-22)23-17-9-4-10-18-23/h2-10,13-18,20H,11-12,19H2,1H3/p+1. The van der Waals surface area contributed by atoms with Crippen LogP contribution in [0.5, 0.6) is 0 Å². The van der Waals surface area contributed by atoms with Gasteiger partial charge >= 0.3 is 5.97 Å². The van der Waals surface area contributed by atoms with E-state index < -0.39 is 13.2 Å². The molecule has 2 nitrogen and oxygen atoms in total. The van der Waals surface area contributed by atoms with Crippen molar-refractivity contribution in [3.05, 3.63) is 91.0 Å². The van der Waals surface area contributed by atoms with Crippen molar-refractivity contribution in [2.24, 2.45) is 5.92 Å². The smallest absolute Gasteiger partial charge is 0.306 e. The maximum Gasteiger partial charge on any atom is 0.306 e. The second-order valence-corrected chi connectivity index (χ2v) is 10.5. The van der Waals surface area contributed by atoms with Crippen LogP contribution in [0.2, 0.25) is 0 Å². The molecule has 27 heavy (non-hydrogen) atoms. The molecule has 0 spiro atoms. The average Bonchev–Trinajstić information content (AvgIpc) is 2.73. The highest BCUT2D eigenvalue weighted by Crippen LogP contribution is 2.56. The van der Waals surface area contributed by atoms with E-state index >= 15 is 0 Å². The van der Waals surface area contributed by atoms with Gasteiger partial charge in [-0.1, -0.05) is 61.5 Å². The second-order valence-electron chi connectivity index (χ2n) is 6.92. The number of carboxylic acid groups (broad SMARTS) is 1. The summed E-state index contributed by atoms with van der Waals surface area (Å²) in [5, 5.41) is 13.3. The Kier molecular flexibility index (Phi) is 6.42. The lowest BCUT2D eigenvalue weighted by atomic mass is 10.1. The summed E-state index contributed by atoms with van der Waals surface area (Å²) in [7, 11) is -1.83. The molecule has 0 amide bonds. The number of aliphatic carboxylic acids is 1. The van der Waals surface area contributed by atoms with Gasteiger partial charge in [0.15, 0.2) is 0 Å². The van der Waals surface area contributed by atoms with Gasteiger partial charge in [-0.15, -0.1) is 0 Å². The van der Waals surface area contributed by atoms with Crippen molar-refractivity contribution in [2.75, 3.05) is 6.16 Å². The molecule has 3 aromatic rings. The molecule has 0 aromatic heterocycles. The lowest BCUT2D eigenvalue weighted by Gasteiger charge is -2.28. The fraction of sp³-hybridized carbons (Fsp3) is 0.208. The Morgan fingerprint density at radius 3 is 1.48 bits per heavy atom. The van der Waals surface area contributed by atoms with Crippen LogP contribution in [0.1, 0.15) is 19.8 Å². The molecule has 0 heterocycles. The minimum atomic E-state index is -1.83. The number of hydrogen-bond donors (Lipinski definition) is 1. The zero-order valence-electron chi connectivity index (χ0n) is 15.7. The Bertz CT molecular complexity index is 751. The molecule has 0 fully saturated rings. The molecule has 0 aliphatic rings. The second kappa shape index (κ2) is 8.97. The van der Waals surface area contributed by atoms with E-state index in [4.69, 9.17) is 0 Å². The van der Waals surface area contributed by atoms with E-state index in [1.807, 2.05) is 0 Å². The van der Waals surface area contributed by atoms with Gasteiger partial charge in [-0.25, -0.2) is 0 Å². The van der Waals surface area contributed by atoms with Crippen molar-refractivity contribution < 1.29 is 9.90 Å². The monoisotopic (exact) mass is 377 g/mol. The lowest BCUT2D eigenvalue weighted by Crippen LogP contribution is -2.33. The van der Waals surface area contributed by atoms with E-state index in [-0.39, 0.29) is 5.92 Å². The minimum absolute atomic E-state index is 0.311. The number of carboxylic acids is 1. The summed E-state index contributed by atoms with van der Waals surface area (Å²) in [4.78, 5) is 11.3. The van der Waals surface area contributed by atoms with Gasteiger partial charge in [0.2, 0.25) is 0 Å².